The lowest BCUT2D eigenvalue weighted by molar-refractivity contribution is 0.240. The largest absolute Gasteiger partial charge is 0.361 e. The standard InChI is InChI=1S/C15H22FN5OS/c1-9(2)14-19-15(23-20-14)17-6-13-4-12(16)8-21(13)7-11-5-18-22-10(11)3/h5,9,12-13H,4,6-8H2,1-3H3,(H,17,19,20)/t12-,13-/m0/s1. The molecule has 2 aromatic heterocycles. The summed E-state index contributed by atoms with van der Waals surface area (Å²) in [6.07, 6.45) is 1.46. The number of rotatable bonds is 6. The van der Waals surface area contributed by atoms with Crippen LogP contribution in [-0.2, 0) is 6.54 Å². The van der Waals surface area contributed by atoms with E-state index in [1.165, 1.54) is 11.5 Å². The second-order valence-corrected chi connectivity index (χ2v) is 7.07. The van der Waals surface area contributed by atoms with Crippen LogP contribution in [0.25, 0.3) is 0 Å². The van der Waals surface area contributed by atoms with Crippen molar-refractivity contribution in [3.63, 3.8) is 0 Å². The van der Waals surface area contributed by atoms with Crippen molar-refractivity contribution in [2.45, 2.75) is 51.9 Å². The van der Waals surface area contributed by atoms with E-state index in [1.807, 2.05) is 6.92 Å². The highest BCUT2D eigenvalue weighted by Crippen LogP contribution is 2.25. The minimum Gasteiger partial charge on any atom is -0.361 e. The Bertz CT molecular complexity index is 643. The van der Waals surface area contributed by atoms with Crippen molar-refractivity contribution in [3.8, 4) is 0 Å². The van der Waals surface area contributed by atoms with E-state index in [0.717, 1.165) is 22.3 Å². The normalized spacial score (nSPS) is 22.1. The Morgan fingerprint density at radius 2 is 2.35 bits per heavy atom. The molecule has 0 amide bonds. The van der Waals surface area contributed by atoms with Crippen LogP contribution in [0.1, 0.15) is 43.3 Å². The molecular formula is C15H22FN5OS. The van der Waals surface area contributed by atoms with Crippen molar-refractivity contribution in [1.82, 2.24) is 19.4 Å². The third kappa shape index (κ3) is 3.87. The molecular weight excluding hydrogens is 317 g/mol. The Labute approximate surface area is 139 Å². The van der Waals surface area contributed by atoms with Gasteiger partial charge in [0.25, 0.3) is 0 Å². The molecule has 1 aliphatic heterocycles. The summed E-state index contributed by atoms with van der Waals surface area (Å²) in [5.41, 5.74) is 1.02. The number of hydrogen-bond donors (Lipinski definition) is 1. The maximum atomic E-state index is 13.9. The highest BCUT2D eigenvalue weighted by atomic mass is 32.1. The van der Waals surface area contributed by atoms with Crippen LogP contribution in [0.4, 0.5) is 9.52 Å². The summed E-state index contributed by atoms with van der Waals surface area (Å²) in [6, 6.07) is 0.130. The van der Waals surface area contributed by atoms with E-state index >= 15 is 0 Å². The summed E-state index contributed by atoms with van der Waals surface area (Å²) in [5, 5.41) is 7.90. The molecule has 1 saturated heterocycles. The van der Waals surface area contributed by atoms with E-state index < -0.39 is 6.17 Å². The van der Waals surface area contributed by atoms with Crippen LogP contribution < -0.4 is 5.32 Å². The molecule has 1 N–H and O–H groups in total. The minimum absolute atomic E-state index is 0.130. The van der Waals surface area contributed by atoms with Gasteiger partial charge in [-0.25, -0.2) is 9.37 Å². The zero-order valence-corrected chi connectivity index (χ0v) is 14.4. The van der Waals surface area contributed by atoms with Crippen LogP contribution in [0.2, 0.25) is 0 Å². The van der Waals surface area contributed by atoms with Gasteiger partial charge in [0.05, 0.1) is 6.20 Å². The minimum atomic E-state index is -0.789. The summed E-state index contributed by atoms with van der Waals surface area (Å²) >= 11 is 1.36. The molecule has 0 aliphatic carbocycles. The molecule has 3 rings (SSSR count). The molecule has 2 atom stereocenters. The zero-order chi connectivity index (χ0) is 16.4. The van der Waals surface area contributed by atoms with Crippen molar-refractivity contribution in [1.29, 1.82) is 0 Å². The number of aromatic nitrogens is 3. The monoisotopic (exact) mass is 339 g/mol. The van der Waals surface area contributed by atoms with Gasteiger partial charge in [0.2, 0.25) is 5.13 Å². The second kappa shape index (κ2) is 6.92. The number of nitrogens with zero attached hydrogens (tertiary/aromatic N) is 4. The summed E-state index contributed by atoms with van der Waals surface area (Å²) < 4.78 is 23.3. The number of halogens is 1. The van der Waals surface area contributed by atoms with Gasteiger partial charge in [-0.15, -0.1) is 0 Å². The number of alkyl halides is 1. The van der Waals surface area contributed by atoms with E-state index in [1.54, 1.807) is 6.20 Å². The molecule has 23 heavy (non-hydrogen) atoms. The average molecular weight is 339 g/mol. The molecule has 1 fully saturated rings. The highest BCUT2D eigenvalue weighted by Gasteiger charge is 2.32. The van der Waals surface area contributed by atoms with Crippen LogP contribution in [0.5, 0.6) is 0 Å². The first-order chi connectivity index (χ1) is 11.0. The van der Waals surface area contributed by atoms with Gasteiger partial charge < -0.3 is 9.84 Å². The van der Waals surface area contributed by atoms with E-state index in [2.05, 4.69) is 38.6 Å². The first-order valence-electron chi connectivity index (χ1n) is 7.88. The average Bonchev–Trinajstić information content (AvgIpc) is 3.19. The summed E-state index contributed by atoms with van der Waals surface area (Å²) in [6.45, 7) is 7.80. The van der Waals surface area contributed by atoms with Crippen molar-refractivity contribution in [3.05, 3.63) is 23.3 Å². The Morgan fingerprint density at radius 3 is 3.00 bits per heavy atom. The third-order valence-electron chi connectivity index (χ3n) is 4.15. The van der Waals surface area contributed by atoms with Gasteiger partial charge in [-0.1, -0.05) is 19.0 Å². The number of hydrogen-bond acceptors (Lipinski definition) is 7. The number of anilines is 1. The predicted molar refractivity (Wildman–Crippen MR) is 87.4 cm³/mol. The molecule has 126 valence electrons. The van der Waals surface area contributed by atoms with Gasteiger partial charge in [-0.2, -0.15) is 4.37 Å². The highest BCUT2D eigenvalue weighted by molar-refractivity contribution is 7.09. The van der Waals surface area contributed by atoms with Crippen molar-refractivity contribution >= 4 is 16.7 Å². The fourth-order valence-corrected chi connectivity index (χ4v) is 3.48. The first kappa shape index (κ1) is 16.3. The topological polar surface area (TPSA) is 67.1 Å². The molecule has 0 saturated carbocycles. The quantitative estimate of drug-likeness (QED) is 0.873. The zero-order valence-electron chi connectivity index (χ0n) is 13.6. The Hall–Kier alpha value is -1.54. The molecule has 1 aliphatic rings. The molecule has 0 spiro atoms. The molecule has 0 bridgehead atoms. The van der Waals surface area contributed by atoms with E-state index in [0.29, 0.717) is 32.0 Å². The van der Waals surface area contributed by atoms with Crippen molar-refractivity contribution in [2.24, 2.45) is 0 Å². The van der Waals surface area contributed by atoms with Crippen LogP contribution in [-0.4, -0.2) is 44.7 Å². The smallest absolute Gasteiger partial charge is 0.202 e. The lowest BCUT2D eigenvalue weighted by Crippen LogP contribution is -2.34. The van der Waals surface area contributed by atoms with Crippen LogP contribution in [0.3, 0.4) is 0 Å². The Morgan fingerprint density at radius 1 is 1.52 bits per heavy atom. The fourth-order valence-electron chi connectivity index (χ4n) is 2.76. The second-order valence-electron chi connectivity index (χ2n) is 6.32. The van der Waals surface area contributed by atoms with Gasteiger partial charge in [0, 0.05) is 48.7 Å². The maximum Gasteiger partial charge on any atom is 0.202 e. The SMILES string of the molecule is Cc1oncc1CN1C[C@@H](F)C[C@H]1CNc1nc(C(C)C)ns1. The van der Waals surface area contributed by atoms with E-state index in [-0.39, 0.29) is 6.04 Å². The van der Waals surface area contributed by atoms with Crippen molar-refractivity contribution in [2.75, 3.05) is 18.4 Å². The van der Waals surface area contributed by atoms with E-state index in [9.17, 15) is 4.39 Å². The molecule has 0 unspecified atom stereocenters. The van der Waals surface area contributed by atoms with Gasteiger partial charge in [0.1, 0.15) is 17.8 Å². The van der Waals surface area contributed by atoms with Crippen LogP contribution >= 0.6 is 11.5 Å². The van der Waals surface area contributed by atoms with E-state index in [4.69, 9.17) is 4.52 Å². The van der Waals surface area contributed by atoms with Crippen LogP contribution in [0.15, 0.2) is 10.7 Å². The number of nitrogens with one attached hydrogen (secondary N) is 1. The third-order valence-corrected chi connectivity index (χ3v) is 4.83. The van der Waals surface area contributed by atoms with Crippen molar-refractivity contribution < 1.29 is 8.91 Å². The van der Waals surface area contributed by atoms with Crippen LogP contribution in [0, 0.1) is 6.92 Å². The van der Waals surface area contributed by atoms with Gasteiger partial charge in [-0.3, -0.25) is 4.90 Å². The lowest BCUT2D eigenvalue weighted by atomic mass is 10.2. The first-order valence-corrected chi connectivity index (χ1v) is 8.66. The van der Waals surface area contributed by atoms with Gasteiger partial charge in [-0.05, 0) is 13.3 Å². The maximum absolute atomic E-state index is 13.9. The molecule has 3 heterocycles. The predicted octanol–water partition coefficient (Wildman–Crippen LogP) is 2.98. The molecule has 0 radical (unpaired) electrons. The number of likely N-dealkylation sites (tertiary alicyclic amines) is 1. The lowest BCUT2D eigenvalue weighted by Gasteiger charge is -2.23. The molecule has 8 heteroatoms. The molecule has 0 aromatic carbocycles. The molecule has 2 aromatic rings. The molecule has 6 nitrogen and oxygen atoms in total. The Balaban J connectivity index is 1.59. The van der Waals surface area contributed by atoms with Gasteiger partial charge >= 0.3 is 0 Å². The van der Waals surface area contributed by atoms with Gasteiger partial charge in [0.15, 0.2) is 0 Å². The Kier molecular flexibility index (Phi) is 4.91. The summed E-state index contributed by atoms with van der Waals surface area (Å²) in [5.74, 6) is 1.96. The summed E-state index contributed by atoms with van der Waals surface area (Å²) in [7, 11) is 0. The summed E-state index contributed by atoms with van der Waals surface area (Å²) in [4.78, 5) is 6.60. The fraction of sp³-hybridized carbons (Fsp3) is 0.667. The number of aryl methyl sites for hydroxylation is 1.